The zero-order chi connectivity index (χ0) is 18.6. The molecule has 2 heterocycles. The molecule has 144 valence electrons. The molecule has 2 aliphatic rings. The van der Waals surface area contributed by atoms with E-state index in [1.165, 1.54) is 5.56 Å². The third kappa shape index (κ3) is 4.08. The van der Waals surface area contributed by atoms with Crippen LogP contribution in [-0.2, 0) is 25.4 Å². The van der Waals surface area contributed by atoms with Crippen molar-refractivity contribution in [2.75, 3.05) is 13.7 Å². The molecule has 0 radical (unpaired) electrons. The van der Waals surface area contributed by atoms with E-state index in [1.807, 2.05) is 48.5 Å². The predicted octanol–water partition coefficient (Wildman–Crippen LogP) is 3.08. The standard InChI is InChI=1S/C22H26O5/c1-24-22-19(23)17(13-12-15-8-4-2-5-9-15)20-18(26-22)14-25-21(27-20)16-10-6-3-7-11-16/h2-11,17-23H,12-14H2,1H3/t17-,18+,19-,20-,21+,22-/m0/s1. The Bertz CT molecular complexity index is 707. The van der Waals surface area contributed by atoms with Crippen LogP contribution in [0.1, 0.15) is 23.8 Å². The van der Waals surface area contributed by atoms with E-state index >= 15 is 0 Å². The van der Waals surface area contributed by atoms with Gasteiger partial charge in [-0.3, -0.25) is 0 Å². The number of benzene rings is 2. The minimum absolute atomic E-state index is 0.0935. The van der Waals surface area contributed by atoms with Crippen LogP contribution in [0.15, 0.2) is 60.7 Å². The maximum Gasteiger partial charge on any atom is 0.184 e. The van der Waals surface area contributed by atoms with Gasteiger partial charge in [0, 0.05) is 18.6 Å². The van der Waals surface area contributed by atoms with E-state index in [9.17, 15) is 5.11 Å². The van der Waals surface area contributed by atoms with Crippen LogP contribution < -0.4 is 0 Å². The number of aliphatic hydroxyl groups is 1. The Hall–Kier alpha value is -1.76. The fourth-order valence-electron chi connectivity index (χ4n) is 3.98. The molecule has 27 heavy (non-hydrogen) atoms. The lowest BCUT2D eigenvalue weighted by molar-refractivity contribution is -0.350. The zero-order valence-electron chi connectivity index (χ0n) is 15.4. The van der Waals surface area contributed by atoms with Crippen LogP contribution in [0, 0.1) is 5.92 Å². The van der Waals surface area contributed by atoms with Gasteiger partial charge in [-0.2, -0.15) is 0 Å². The van der Waals surface area contributed by atoms with Gasteiger partial charge in [0.05, 0.1) is 12.7 Å². The smallest absolute Gasteiger partial charge is 0.184 e. The third-order valence-corrected chi connectivity index (χ3v) is 5.42. The Morgan fingerprint density at radius 1 is 1.00 bits per heavy atom. The Balaban J connectivity index is 1.51. The highest BCUT2D eigenvalue weighted by Gasteiger charge is 2.49. The Kier molecular flexibility index (Phi) is 5.86. The average Bonchev–Trinajstić information content (AvgIpc) is 2.74. The normalized spacial score (nSPS) is 33.4. The molecular formula is C22H26O5. The number of fused-ring (bicyclic) bond motifs is 1. The molecule has 6 atom stereocenters. The number of ether oxygens (including phenoxy) is 4. The van der Waals surface area contributed by atoms with E-state index in [-0.39, 0.29) is 18.1 Å². The van der Waals surface area contributed by atoms with Gasteiger partial charge in [0.25, 0.3) is 0 Å². The van der Waals surface area contributed by atoms with Crippen LogP contribution in [0.3, 0.4) is 0 Å². The van der Waals surface area contributed by atoms with Crippen molar-refractivity contribution in [3.05, 3.63) is 71.8 Å². The summed E-state index contributed by atoms with van der Waals surface area (Å²) in [5.41, 5.74) is 2.22. The second-order valence-corrected chi connectivity index (χ2v) is 7.13. The molecule has 0 amide bonds. The van der Waals surface area contributed by atoms with Crippen molar-refractivity contribution in [1.82, 2.24) is 0 Å². The number of hydrogen-bond acceptors (Lipinski definition) is 5. The molecule has 0 bridgehead atoms. The SMILES string of the molecule is CO[C@H]1O[C@@H]2CO[C@@H](c3ccccc3)O[C@H]2[C@@H](CCc2ccccc2)[C@@H]1O. The highest BCUT2D eigenvalue weighted by atomic mass is 16.7. The van der Waals surface area contributed by atoms with Crippen molar-refractivity contribution >= 4 is 0 Å². The van der Waals surface area contributed by atoms with E-state index in [0.29, 0.717) is 6.61 Å². The monoisotopic (exact) mass is 370 g/mol. The summed E-state index contributed by atoms with van der Waals surface area (Å²) < 4.78 is 23.4. The van der Waals surface area contributed by atoms with Gasteiger partial charge in [-0.15, -0.1) is 0 Å². The molecule has 2 aromatic carbocycles. The summed E-state index contributed by atoms with van der Waals surface area (Å²) in [6.45, 7) is 0.415. The quantitative estimate of drug-likeness (QED) is 0.877. The summed E-state index contributed by atoms with van der Waals surface area (Å²) in [5.74, 6) is -0.0935. The first-order chi connectivity index (χ1) is 13.3. The Morgan fingerprint density at radius 2 is 1.70 bits per heavy atom. The van der Waals surface area contributed by atoms with Gasteiger partial charge in [0.2, 0.25) is 0 Å². The molecule has 0 unspecified atom stereocenters. The Labute approximate surface area is 159 Å². The van der Waals surface area contributed by atoms with Crippen LogP contribution in [0.5, 0.6) is 0 Å². The van der Waals surface area contributed by atoms with Crippen LogP contribution in [0.4, 0.5) is 0 Å². The zero-order valence-corrected chi connectivity index (χ0v) is 15.4. The molecule has 2 aromatic rings. The molecule has 2 saturated heterocycles. The summed E-state index contributed by atoms with van der Waals surface area (Å²) in [4.78, 5) is 0. The molecule has 4 rings (SSSR count). The Morgan fingerprint density at radius 3 is 2.41 bits per heavy atom. The maximum atomic E-state index is 10.8. The number of methoxy groups -OCH3 is 1. The molecule has 0 spiro atoms. The van der Waals surface area contributed by atoms with Gasteiger partial charge in [-0.05, 0) is 18.4 Å². The van der Waals surface area contributed by atoms with E-state index < -0.39 is 18.7 Å². The number of aliphatic hydroxyl groups excluding tert-OH is 1. The lowest BCUT2D eigenvalue weighted by atomic mass is 9.83. The highest BCUT2D eigenvalue weighted by Crippen LogP contribution is 2.38. The van der Waals surface area contributed by atoms with Crippen LogP contribution in [0.2, 0.25) is 0 Å². The van der Waals surface area contributed by atoms with Crippen molar-refractivity contribution in [3.8, 4) is 0 Å². The number of hydrogen-bond donors (Lipinski definition) is 1. The summed E-state index contributed by atoms with van der Waals surface area (Å²) >= 11 is 0. The highest BCUT2D eigenvalue weighted by molar-refractivity contribution is 5.17. The summed E-state index contributed by atoms with van der Waals surface area (Å²) in [6.07, 6.45) is -0.684. The van der Waals surface area contributed by atoms with Crippen molar-refractivity contribution < 1.29 is 24.1 Å². The van der Waals surface area contributed by atoms with E-state index in [2.05, 4.69) is 12.1 Å². The van der Waals surface area contributed by atoms with Crippen LogP contribution in [-0.4, -0.2) is 43.4 Å². The largest absolute Gasteiger partial charge is 0.387 e. The van der Waals surface area contributed by atoms with Crippen molar-refractivity contribution in [3.63, 3.8) is 0 Å². The van der Waals surface area contributed by atoms with Gasteiger partial charge in [-0.25, -0.2) is 0 Å². The molecule has 2 aliphatic heterocycles. The minimum Gasteiger partial charge on any atom is -0.387 e. The molecule has 0 aromatic heterocycles. The summed E-state index contributed by atoms with van der Waals surface area (Å²) in [5, 5.41) is 10.8. The fourth-order valence-corrected chi connectivity index (χ4v) is 3.98. The molecule has 1 N–H and O–H groups in total. The predicted molar refractivity (Wildman–Crippen MR) is 99.9 cm³/mol. The van der Waals surface area contributed by atoms with Crippen molar-refractivity contribution in [2.45, 2.75) is 43.7 Å². The van der Waals surface area contributed by atoms with Gasteiger partial charge >= 0.3 is 0 Å². The fraction of sp³-hybridized carbons (Fsp3) is 0.455. The average molecular weight is 370 g/mol. The maximum absolute atomic E-state index is 10.8. The molecule has 2 fully saturated rings. The van der Waals surface area contributed by atoms with Gasteiger partial charge < -0.3 is 24.1 Å². The van der Waals surface area contributed by atoms with Crippen molar-refractivity contribution in [1.29, 1.82) is 0 Å². The molecule has 0 saturated carbocycles. The molecule has 5 heteroatoms. The second-order valence-electron chi connectivity index (χ2n) is 7.13. The lowest BCUT2D eigenvalue weighted by Gasteiger charge is -2.48. The van der Waals surface area contributed by atoms with Gasteiger partial charge in [0.15, 0.2) is 12.6 Å². The minimum atomic E-state index is -0.741. The van der Waals surface area contributed by atoms with Gasteiger partial charge in [0.1, 0.15) is 12.2 Å². The first kappa shape index (κ1) is 18.6. The van der Waals surface area contributed by atoms with Gasteiger partial charge in [-0.1, -0.05) is 60.7 Å². The van der Waals surface area contributed by atoms with E-state index in [1.54, 1.807) is 7.11 Å². The van der Waals surface area contributed by atoms with Crippen LogP contribution >= 0.6 is 0 Å². The van der Waals surface area contributed by atoms with E-state index in [4.69, 9.17) is 18.9 Å². The molecule has 5 nitrogen and oxygen atoms in total. The third-order valence-electron chi connectivity index (χ3n) is 5.42. The van der Waals surface area contributed by atoms with E-state index in [0.717, 1.165) is 18.4 Å². The van der Waals surface area contributed by atoms with Crippen molar-refractivity contribution in [2.24, 2.45) is 5.92 Å². The lowest BCUT2D eigenvalue weighted by Crippen LogP contribution is -2.59. The van der Waals surface area contributed by atoms with Crippen LogP contribution in [0.25, 0.3) is 0 Å². The summed E-state index contributed by atoms with van der Waals surface area (Å²) in [6, 6.07) is 20.2. The summed E-state index contributed by atoms with van der Waals surface area (Å²) in [7, 11) is 1.56. The molecule has 0 aliphatic carbocycles. The first-order valence-electron chi connectivity index (χ1n) is 9.48. The number of aryl methyl sites for hydroxylation is 1. The molecular weight excluding hydrogens is 344 g/mol. The topological polar surface area (TPSA) is 57.2 Å². The number of rotatable bonds is 5. The first-order valence-corrected chi connectivity index (χ1v) is 9.48. The second kappa shape index (κ2) is 8.50.